The lowest BCUT2D eigenvalue weighted by Gasteiger charge is -2.16. The minimum absolute atomic E-state index is 0.206. The zero-order valence-corrected chi connectivity index (χ0v) is 16.7. The number of hydrogen-bond acceptors (Lipinski definition) is 4. The Balaban J connectivity index is 2.04. The summed E-state index contributed by atoms with van der Waals surface area (Å²) in [6, 6.07) is 14.5. The fourth-order valence-electron chi connectivity index (χ4n) is 2.75. The van der Waals surface area contributed by atoms with Gasteiger partial charge in [-0.25, -0.2) is 4.79 Å². The van der Waals surface area contributed by atoms with E-state index in [0.29, 0.717) is 11.4 Å². The van der Waals surface area contributed by atoms with Crippen LogP contribution >= 0.6 is 11.6 Å². The maximum Gasteiger partial charge on any atom is 0.330 e. The molecule has 152 valence electrons. The van der Waals surface area contributed by atoms with Crippen LogP contribution in [-0.2, 0) is 25.5 Å². The molecule has 2 aromatic rings. The van der Waals surface area contributed by atoms with Crippen molar-refractivity contribution < 1.29 is 24.2 Å². The monoisotopic (exact) mass is 415 g/mol. The molecule has 0 saturated heterocycles. The molecule has 29 heavy (non-hydrogen) atoms. The fourth-order valence-corrected chi connectivity index (χ4v) is 2.94. The second-order valence-electron chi connectivity index (χ2n) is 6.30. The number of halogens is 1. The summed E-state index contributed by atoms with van der Waals surface area (Å²) in [6.07, 6.45) is 2.14. The molecule has 0 saturated carbocycles. The minimum atomic E-state index is -1.03. The minimum Gasteiger partial charge on any atom is -0.481 e. The first-order valence-electron chi connectivity index (χ1n) is 9.09. The average molecular weight is 416 g/mol. The SMILES string of the molecule is CCOC(=O)C=CC(=O)NC(CC(=O)O)Cc1ccc(-c2cccc(Cl)c2)cc1. The Hall–Kier alpha value is -3.12. The van der Waals surface area contributed by atoms with Crippen molar-refractivity contribution in [3.8, 4) is 11.1 Å². The molecule has 0 aliphatic rings. The summed E-state index contributed by atoms with van der Waals surface area (Å²) in [5.74, 6) is -2.21. The first kappa shape index (κ1) is 22.2. The third kappa shape index (κ3) is 7.79. The van der Waals surface area contributed by atoms with Crippen LogP contribution in [0.4, 0.5) is 0 Å². The van der Waals surface area contributed by atoms with E-state index >= 15 is 0 Å². The molecule has 0 aliphatic carbocycles. The zero-order chi connectivity index (χ0) is 21.2. The Kier molecular flexibility index (Phi) is 8.43. The molecule has 0 aliphatic heterocycles. The summed E-state index contributed by atoms with van der Waals surface area (Å²) in [5.41, 5.74) is 2.83. The molecule has 2 aromatic carbocycles. The molecular formula is C22H22ClNO5. The number of carbonyl (C=O) groups is 3. The molecule has 0 spiro atoms. The van der Waals surface area contributed by atoms with Crippen LogP contribution in [-0.4, -0.2) is 35.6 Å². The van der Waals surface area contributed by atoms with E-state index in [4.69, 9.17) is 21.4 Å². The van der Waals surface area contributed by atoms with Gasteiger partial charge in [0.25, 0.3) is 0 Å². The van der Waals surface area contributed by atoms with Crippen molar-refractivity contribution >= 4 is 29.4 Å². The number of aliphatic carboxylic acids is 1. The van der Waals surface area contributed by atoms with E-state index in [2.05, 4.69) is 5.32 Å². The van der Waals surface area contributed by atoms with Gasteiger partial charge < -0.3 is 15.2 Å². The van der Waals surface area contributed by atoms with E-state index < -0.39 is 23.9 Å². The van der Waals surface area contributed by atoms with Crippen molar-refractivity contribution in [2.45, 2.75) is 25.8 Å². The average Bonchev–Trinajstić information content (AvgIpc) is 2.67. The van der Waals surface area contributed by atoms with Crippen LogP contribution in [0.2, 0.25) is 5.02 Å². The van der Waals surface area contributed by atoms with Crippen LogP contribution in [0.15, 0.2) is 60.7 Å². The van der Waals surface area contributed by atoms with Gasteiger partial charge in [-0.05, 0) is 42.2 Å². The van der Waals surface area contributed by atoms with Crippen molar-refractivity contribution in [2.75, 3.05) is 6.61 Å². The lowest BCUT2D eigenvalue weighted by atomic mass is 9.99. The van der Waals surface area contributed by atoms with Gasteiger partial charge in [0, 0.05) is 23.2 Å². The van der Waals surface area contributed by atoms with E-state index in [1.54, 1.807) is 13.0 Å². The second kappa shape index (κ2) is 11.0. The van der Waals surface area contributed by atoms with Crippen LogP contribution in [0.25, 0.3) is 11.1 Å². The van der Waals surface area contributed by atoms with Gasteiger partial charge in [-0.2, -0.15) is 0 Å². The number of hydrogen-bond donors (Lipinski definition) is 2. The summed E-state index contributed by atoms with van der Waals surface area (Å²) >= 11 is 6.02. The van der Waals surface area contributed by atoms with Crippen LogP contribution in [0, 0.1) is 0 Å². The molecule has 0 aromatic heterocycles. The van der Waals surface area contributed by atoms with Crippen molar-refractivity contribution in [2.24, 2.45) is 0 Å². The molecule has 7 heteroatoms. The number of carboxylic acids is 1. The maximum atomic E-state index is 12.0. The summed E-state index contributed by atoms with van der Waals surface area (Å²) in [5, 5.41) is 12.4. The van der Waals surface area contributed by atoms with Gasteiger partial charge in [0.05, 0.1) is 13.0 Å². The maximum absolute atomic E-state index is 12.0. The predicted octanol–water partition coefficient (Wildman–Crippen LogP) is 3.63. The predicted molar refractivity (Wildman–Crippen MR) is 111 cm³/mol. The highest BCUT2D eigenvalue weighted by molar-refractivity contribution is 6.30. The fraction of sp³-hybridized carbons (Fsp3) is 0.227. The zero-order valence-electron chi connectivity index (χ0n) is 15.9. The van der Waals surface area contributed by atoms with E-state index in [9.17, 15) is 14.4 Å². The first-order chi connectivity index (χ1) is 13.9. The van der Waals surface area contributed by atoms with Crippen LogP contribution in [0.3, 0.4) is 0 Å². The van der Waals surface area contributed by atoms with Gasteiger partial charge in [-0.15, -0.1) is 0 Å². The molecule has 2 N–H and O–H groups in total. The third-order valence-electron chi connectivity index (χ3n) is 4.02. The first-order valence-corrected chi connectivity index (χ1v) is 9.47. The lowest BCUT2D eigenvalue weighted by molar-refractivity contribution is -0.138. The molecule has 2 rings (SSSR count). The number of carbonyl (C=O) groups excluding carboxylic acids is 2. The summed E-state index contributed by atoms with van der Waals surface area (Å²) in [4.78, 5) is 34.4. The highest BCUT2D eigenvalue weighted by Gasteiger charge is 2.16. The summed E-state index contributed by atoms with van der Waals surface area (Å²) in [7, 11) is 0. The highest BCUT2D eigenvalue weighted by atomic mass is 35.5. The topological polar surface area (TPSA) is 92.7 Å². The van der Waals surface area contributed by atoms with Gasteiger partial charge in [0.2, 0.25) is 5.91 Å². The largest absolute Gasteiger partial charge is 0.481 e. The number of nitrogens with one attached hydrogen (secondary N) is 1. The van der Waals surface area contributed by atoms with Crippen molar-refractivity contribution in [3.05, 3.63) is 71.3 Å². The number of benzene rings is 2. The number of ether oxygens (including phenoxy) is 1. The quantitative estimate of drug-likeness (QED) is 0.482. The van der Waals surface area contributed by atoms with Crippen molar-refractivity contribution in [1.29, 1.82) is 0 Å². The van der Waals surface area contributed by atoms with Gasteiger partial charge >= 0.3 is 11.9 Å². The number of rotatable bonds is 9. The van der Waals surface area contributed by atoms with Gasteiger partial charge in [0.1, 0.15) is 0 Å². The molecule has 0 bridgehead atoms. The Morgan fingerprint density at radius 3 is 2.45 bits per heavy atom. The Bertz CT molecular complexity index is 892. The Labute approximate surface area is 174 Å². The smallest absolute Gasteiger partial charge is 0.330 e. The molecule has 1 unspecified atom stereocenters. The van der Waals surface area contributed by atoms with E-state index in [-0.39, 0.29) is 13.0 Å². The molecule has 1 amide bonds. The van der Waals surface area contributed by atoms with Crippen LogP contribution in [0.5, 0.6) is 0 Å². The van der Waals surface area contributed by atoms with E-state index in [1.165, 1.54) is 0 Å². The third-order valence-corrected chi connectivity index (χ3v) is 4.25. The Morgan fingerprint density at radius 2 is 1.83 bits per heavy atom. The number of esters is 1. The molecule has 0 heterocycles. The van der Waals surface area contributed by atoms with Crippen molar-refractivity contribution in [1.82, 2.24) is 5.32 Å². The van der Waals surface area contributed by atoms with E-state index in [1.807, 2.05) is 42.5 Å². The van der Waals surface area contributed by atoms with Crippen molar-refractivity contribution in [3.63, 3.8) is 0 Å². The second-order valence-corrected chi connectivity index (χ2v) is 6.74. The molecular weight excluding hydrogens is 394 g/mol. The standard InChI is InChI=1S/C22H22ClNO5/c1-2-29-22(28)11-10-20(25)24-19(14-21(26)27)12-15-6-8-16(9-7-15)17-4-3-5-18(23)13-17/h3-11,13,19H,2,12,14H2,1H3,(H,24,25)(H,26,27). The lowest BCUT2D eigenvalue weighted by Crippen LogP contribution is -2.37. The van der Waals surface area contributed by atoms with Crippen LogP contribution in [0.1, 0.15) is 18.9 Å². The molecule has 1 atom stereocenters. The molecule has 0 radical (unpaired) electrons. The number of carboxylic acid groups (broad SMARTS) is 1. The van der Waals surface area contributed by atoms with E-state index in [0.717, 1.165) is 28.8 Å². The Morgan fingerprint density at radius 1 is 1.10 bits per heavy atom. The molecule has 6 nitrogen and oxygen atoms in total. The normalized spacial score (nSPS) is 11.8. The van der Waals surface area contributed by atoms with Gasteiger partial charge in [0.15, 0.2) is 0 Å². The summed E-state index contributed by atoms with van der Waals surface area (Å²) in [6.45, 7) is 1.87. The van der Waals surface area contributed by atoms with Crippen LogP contribution < -0.4 is 5.32 Å². The summed E-state index contributed by atoms with van der Waals surface area (Å²) < 4.78 is 4.70. The van der Waals surface area contributed by atoms with Gasteiger partial charge in [-0.3, -0.25) is 9.59 Å². The number of amides is 1. The molecule has 0 fully saturated rings. The highest BCUT2D eigenvalue weighted by Crippen LogP contribution is 2.23. The van der Waals surface area contributed by atoms with Gasteiger partial charge in [-0.1, -0.05) is 48.0 Å².